The van der Waals surface area contributed by atoms with E-state index in [9.17, 15) is 8.42 Å². The van der Waals surface area contributed by atoms with Gasteiger partial charge in [-0.3, -0.25) is 9.88 Å². The van der Waals surface area contributed by atoms with E-state index in [0.29, 0.717) is 13.1 Å². The third kappa shape index (κ3) is 4.37. The van der Waals surface area contributed by atoms with E-state index < -0.39 is 10.0 Å². The van der Waals surface area contributed by atoms with Gasteiger partial charge in [-0.2, -0.15) is 4.31 Å². The van der Waals surface area contributed by atoms with Gasteiger partial charge < -0.3 is 0 Å². The molecule has 1 aliphatic rings. The van der Waals surface area contributed by atoms with E-state index in [1.165, 1.54) is 0 Å². The summed E-state index contributed by atoms with van der Waals surface area (Å²) >= 11 is 0. The van der Waals surface area contributed by atoms with Crippen LogP contribution < -0.4 is 0 Å². The van der Waals surface area contributed by atoms with Gasteiger partial charge in [0.25, 0.3) is 0 Å². The summed E-state index contributed by atoms with van der Waals surface area (Å²) < 4.78 is 26.6. The molecule has 1 aliphatic heterocycles. The minimum Gasteiger partial charge on any atom is -0.296 e. The predicted octanol–water partition coefficient (Wildman–Crippen LogP) is 1.73. The van der Waals surface area contributed by atoms with E-state index >= 15 is 0 Å². The molecular formula is C17H21N3O2S. The lowest BCUT2D eigenvalue weighted by atomic mass is 10.2. The highest BCUT2D eigenvalue weighted by Gasteiger charge is 2.26. The maximum absolute atomic E-state index is 12.5. The van der Waals surface area contributed by atoms with Crippen molar-refractivity contribution in [2.24, 2.45) is 0 Å². The average Bonchev–Trinajstić information content (AvgIpc) is 2.57. The molecule has 122 valence electrons. The quantitative estimate of drug-likeness (QED) is 0.837. The molecule has 1 saturated heterocycles. The Labute approximate surface area is 137 Å². The minimum atomic E-state index is -3.24. The summed E-state index contributed by atoms with van der Waals surface area (Å²) in [5.74, 6) is 0.0798. The summed E-state index contributed by atoms with van der Waals surface area (Å²) in [7, 11) is -3.24. The number of sulfonamides is 1. The van der Waals surface area contributed by atoms with Gasteiger partial charge in [0, 0.05) is 45.1 Å². The van der Waals surface area contributed by atoms with Crippen LogP contribution in [0, 0.1) is 0 Å². The Morgan fingerprint density at radius 1 is 0.913 bits per heavy atom. The molecule has 0 bridgehead atoms. The third-order valence-corrected chi connectivity index (χ3v) is 5.90. The smallest absolute Gasteiger partial charge is 0.218 e. The summed E-state index contributed by atoms with van der Waals surface area (Å²) in [6.45, 7) is 3.43. The lowest BCUT2D eigenvalue weighted by Gasteiger charge is -2.34. The normalized spacial score (nSPS) is 17.2. The van der Waals surface area contributed by atoms with Crippen LogP contribution in [0.1, 0.15) is 11.1 Å². The first-order valence-electron chi connectivity index (χ1n) is 7.76. The van der Waals surface area contributed by atoms with Crippen molar-refractivity contribution in [1.82, 2.24) is 14.2 Å². The average molecular weight is 331 g/mol. The molecule has 0 spiro atoms. The highest BCUT2D eigenvalue weighted by atomic mass is 32.2. The summed E-state index contributed by atoms with van der Waals surface area (Å²) in [6.07, 6.45) is 3.62. The van der Waals surface area contributed by atoms with Gasteiger partial charge >= 0.3 is 0 Å². The molecule has 1 aromatic carbocycles. The van der Waals surface area contributed by atoms with E-state index in [4.69, 9.17) is 0 Å². The van der Waals surface area contributed by atoms with Crippen LogP contribution in [0.5, 0.6) is 0 Å². The first-order valence-corrected chi connectivity index (χ1v) is 9.37. The molecule has 5 nitrogen and oxygen atoms in total. The van der Waals surface area contributed by atoms with Gasteiger partial charge in [0.15, 0.2) is 0 Å². The summed E-state index contributed by atoms with van der Waals surface area (Å²) in [5.41, 5.74) is 2.00. The molecule has 23 heavy (non-hydrogen) atoms. The number of pyridine rings is 1. The maximum Gasteiger partial charge on any atom is 0.218 e. The Balaban J connectivity index is 1.56. The Kier molecular flexibility index (Phi) is 5.05. The number of nitrogens with zero attached hydrogens (tertiary/aromatic N) is 3. The largest absolute Gasteiger partial charge is 0.296 e. The van der Waals surface area contributed by atoms with Gasteiger partial charge in [0.2, 0.25) is 10.0 Å². The molecule has 2 aromatic rings. The summed E-state index contributed by atoms with van der Waals surface area (Å²) in [5, 5.41) is 0. The molecule has 1 aromatic heterocycles. The molecule has 0 amide bonds. The van der Waals surface area contributed by atoms with Crippen molar-refractivity contribution in [1.29, 1.82) is 0 Å². The van der Waals surface area contributed by atoms with Crippen LogP contribution in [0.2, 0.25) is 0 Å². The zero-order valence-electron chi connectivity index (χ0n) is 13.0. The molecule has 6 heteroatoms. The number of hydrogen-bond acceptors (Lipinski definition) is 4. The molecule has 0 N–H and O–H groups in total. The highest BCUT2D eigenvalue weighted by molar-refractivity contribution is 7.88. The van der Waals surface area contributed by atoms with Crippen LogP contribution in [-0.2, 0) is 22.3 Å². The van der Waals surface area contributed by atoms with Crippen molar-refractivity contribution in [3.63, 3.8) is 0 Å². The number of benzene rings is 1. The van der Waals surface area contributed by atoms with Gasteiger partial charge in [-0.05, 0) is 17.2 Å². The molecule has 0 unspecified atom stereocenters. The Bertz CT molecular complexity index is 712. The van der Waals surface area contributed by atoms with Gasteiger partial charge in [-0.25, -0.2) is 8.42 Å². The summed E-state index contributed by atoms with van der Waals surface area (Å²) in [6, 6.07) is 13.3. The molecule has 0 radical (unpaired) electrons. The monoisotopic (exact) mass is 331 g/mol. The van der Waals surface area contributed by atoms with Gasteiger partial charge in [0.1, 0.15) is 0 Å². The van der Waals surface area contributed by atoms with Crippen molar-refractivity contribution in [3.05, 3.63) is 66.0 Å². The van der Waals surface area contributed by atoms with E-state index in [-0.39, 0.29) is 5.75 Å². The zero-order valence-corrected chi connectivity index (χ0v) is 13.8. The Morgan fingerprint density at radius 2 is 1.61 bits per heavy atom. The first-order chi connectivity index (χ1) is 11.1. The van der Waals surface area contributed by atoms with Gasteiger partial charge in [0.05, 0.1) is 5.75 Å². The van der Waals surface area contributed by atoms with E-state index in [1.807, 2.05) is 48.7 Å². The second-order valence-electron chi connectivity index (χ2n) is 5.78. The number of hydrogen-bond donors (Lipinski definition) is 0. The van der Waals surface area contributed by atoms with E-state index in [0.717, 1.165) is 30.8 Å². The SMILES string of the molecule is O=S(=O)(Cc1ccccc1)N1CCN(Cc2cccnc2)CC1. The van der Waals surface area contributed by atoms with Crippen LogP contribution in [0.25, 0.3) is 0 Å². The van der Waals surface area contributed by atoms with E-state index in [2.05, 4.69) is 9.88 Å². The first kappa shape index (κ1) is 16.1. The van der Waals surface area contributed by atoms with Crippen LogP contribution in [0.4, 0.5) is 0 Å². The molecule has 0 aliphatic carbocycles. The van der Waals surface area contributed by atoms with Crippen molar-refractivity contribution in [2.45, 2.75) is 12.3 Å². The molecule has 2 heterocycles. The minimum absolute atomic E-state index is 0.0798. The van der Waals surface area contributed by atoms with Crippen molar-refractivity contribution < 1.29 is 8.42 Å². The number of rotatable bonds is 5. The fourth-order valence-electron chi connectivity index (χ4n) is 2.79. The van der Waals surface area contributed by atoms with Gasteiger partial charge in [-0.15, -0.1) is 0 Å². The molecule has 0 atom stereocenters. The molecular weight excluding hydrogens is 310 g/mol. The lowest BCUT2D eigenvalue weighted by molar-refractivity contribution is 0.181. The van der Waals surface area contributed by atoms with Crippen molar-refractivity contribution in [2.75, 3.05) is 26.2 Å². The van der Waals surface area contributed by atoms with Gasteiger partial charge in [-0.1, -0.05) is 36.4 Å². The summed E-state index contributed by atoms with van der Waals surface area (Å²) in [4.78, 5) is 6.39. The Morgan fingerprint density at radius 3 is 2.26 bits per heavy atom. The third-order valence-electron chi connectivity index (χ3n) is 4.05. The van der Waals surface area contributed by atoms with Crippen LogP contribution >= 0.6 is 0 Å². The van der Waals surface area contributed by atoms with Crippen LogP contribution in [-0.4, -0.2) is 48.8 Å². The van der Waals surface area contributed by atoms with Crippen molar-refractivity contribution in [3.8, 4) is 0 Å². The second-order valence-corrected chi connectivity index (χ2v) is 7.75. The Hall–Kier alpha value is -1.76. The predicted molar refractivity (Wildman–Crippen MR) is 90.2 cm³/mol. The van der Waals surface area contributed by atoms with Crippen molar-refractivity contribution >= 4 is 10.0 Å². The van der Waals surface area contributed by atoms with Crippen LogP contribution in [0.3, 0.4) is 0 Å². The second kappa shape index (κ2) is 7.21. The fraction of sp³-hybridized carbons (Fsp3) is 0.353. The van der Waals surface area contributed by atoms with E-state index in [1.54, 1.807) is 10.5 Å². The number of aromatic nitrogens is 1. The standard InChI is InChI=1S/C17H21N3O2S/c21-23(22,15-16-5-2-1-3-6-16)20-11-9-19(10-12-20)14-17-7-4-8-18-13-17/h1-8,13H,9-12,14-15H2. The zero-order chi connectivity index (χ0) is 16.1. The van der Waals surface area contributed by atoms with Crippen LogP contribution in [0.15, 0.2) is 54.9 Å². The fourth-order valence-corrected chi connectivity index (χ4v) is 4.31. The molecule has 0 saturated carbocycles. The topological polar surface area (TPSA) is 53.5 Å². The molecule has 1 fully saturated rings. The lowest BCUT2D eigenvalue weighted by Crippen LogP contribution is -2.48. The molecule has 3 rings (SSSR count). The highest BCUT2D eigenvalue weighted by Crippen LogP contribution is 2.14. The number of piperazine rings is 1. The maximum atomic E-state index is 12.5.